The normalized spacial score (nSPS) is 12.7. The zero-order valence-corrected chi connectivity index (χ0v) is 21.5. The summed E-state index contributed by atoms with van der Waals surface area (Å²) >= 11 is 1.38. The van der Waals surface area contributed by atoms with Crippen LogP contribution in [0.15, 0.2) is 72.2 Å². The van der Waals surface area contributed by atoms with E-state index in [1.54, 1.807) is 35.8 Å². The number of aromatic nitrogens is 2. The number of thiophene rings is 1. The van der Waals surface area contributed by atoms with E-state index in [4.69, 9.17) is 14.5 Å². The van der Waals surface area contributed by atoms with Crippen LogP contribution in [0.3, 0.4) is 0 Å². The lowest BCUT2D eigenvalue weighted by molar-refractivity contribution is -0.117. The number of methoxy groups -OCH3 is 2. The number of anilines is 1. The number of nitrogens with zero attached hydrogens (tertiary/aromatic N) is 3. The number of hydrogen-bond acceptors (Lipinski definition) is 6. The van der Waals surface area contributed by atoms with Gasteiger partial charge in [-0.3, -0.25) is 19.5 Å². The minimum Gasteiger partial charge on any atom is -0.493 e. The molecule has 1 fully saturated rings. The minimum atomic E-state index is -0.308. The van der Waals surface area contributed by atoms with Gasteiger partial charge < -0.3 is 14.4 Å². The Balaban J connectivity index is 1.44. The summed E-state index contributed by atoms with van der Waals surface area (Å²) in [5.74, 6) is 1.54. The van der Waals surface area contributed by atoms with E-state index in [1.165, 1.54) is 11.3 Å². The molecule has 0 atom stereocenters. The van der Waals surface area contributed by atoms with Gasteiger partial charge in [0.15, 0.2) is 11.5 Å². The van der Waals surface area contributed by atoms with Crippen molar-refractivity contribution >= 4 is 29.1 Å². The first-order chi connectivity index (χ1) is 18.1. The van der Waals surface area contributed by atoms with Crippen molar-refractivity contribution in [3.63, 3.8) is 0 Å². The van der Waals surface area contributed by atoms with Crippen LogP contribution in [0.5, 0.6) is 11.5 Å². The summed E-state index contributed by atoms with van der Waals surface area (Å²) in [6.07, 6.45) is 4.03. The maximum atomic E-state index is 13.3. The molecule has 2 aromatic carbocycles. The Bertz CT molecular complexity index is 1380. The summed E-state index contributed by atoms with van der Waals surface area (Å²) in [7, 11) is 3.16. The first-order valence-electron chi connectivity index (χ1n) is 12.1. The second-order valence-corrected chi connectivity index (χ2v) is 9.83. The first-order valence-corrected chi connectivity index (χ1v) is 12.9. The first kappa shape index (κ1) is 24.6. The third kappa shape index (κ3) is 5.67. The number of imidazole rings is 1. The number of benzene rings is 2. The number of nitrogens with one attached hydrogen (secondary N) is 1. The molecule has 5 rings (SSSR count). The fourth-order valence-corrected chi connectivity index (χ4v) is 4.80. The molecule has 0 unspecified atom stereocenters. The number of ether oxygens (including phenoxy) is 2. The summed E-state index contributed by atoms with van der Waals surface area (Å²) in [5.41, 5.74) is 2.36. The average molecular weight is 517 g/mol. The van der Waals surface area contributed by atoms with Gasteiger partial charge in [0.05, 0.1) is 30.5 Å². The third-order valence-electron chi connectivity index (χ3n) is 6.20. The molecule has 37 heavy (non-hydrogen) atoms. The number of carbonyl (C=O) groups excluding carboxylic acids is 2. The van der Waals surface area contributed by atoms with Crippen LogP contribution in [0, 0.1) is 5.92 Å². The molecule has 190 valence electrons. The predicted octanol–water partition coefficient (Wildman–Crippen LogP) is 5.11. The number of rotatable bonds is 10. The Morgan fingerprint density at radius 2 is 1.84 bits per heavy atom. The fraction of sp³-hybridized carbons (Fsp3) is 0.250. The van der Waals surface area contributed by atoms with Crippen LogP contribution in [0.1, 0.15) is 22.5 Å². The van der Waals surface area contributed by atoms with E-state index >= 15 is 0 Å². The summed E-state index contributed by atoms with van der Waals surface area (Å²) < 4.78 is 12.7. The maximum absolute atomic E-state index is 13.3. The topological polar surface area (TPSA) is 85.7 Å². The molecule has 0 bridgehead atoms. The van der Waals surface area contributed by atoms with E-state index < -0.39 is 0 Å². The van der Waals surface area contributed by atoms with Crippen LogP contribution in [-0.4, -0.2) is 53.6 Å². The summed E-state index contributed by atoms with van der Waals surface area (Å²) in [4.78, 5) is 33.3. The van der Waals surface area contributed by atoms with Crippen LogP contribution >= 0.6 is 11.3 Å². The van der Waals surface area contributed by atoms with Crippen LogP contribution < -0.4 is 14.8 Å². The van der Waals surface area contributed by atoms with Gasteiger partial charge in [-0.05, 0) is 42.3 Å². The van der Waals surface area contributed by atoms with Gasteiger partial charge in [-0.2, -0.15) is 0 Å². The highest BCUT2D eigenvalue weighted by atomic mass is 32.1. The molecule has 8 nitrogen and oxygen atoms in total. The largest absolute Gasteiger partial charge is 0.493 e. The van der Waals surface area contributed by atoms with Gasteiger partial charge in [-0.15, -0.1) is 11.3 Å². The van der Waals surface area contributed by atoms with Crippen molar-refractivity contribution in [1.29, 1.82) is 0 Å². The van der Waals surface area contributed by atoms with E-state index in [1.807, 2.05) is 60.1 Å². The number of amides is 2. The van der Waals surface area contributed by atoms with Gasteiger partial charge in [-0.1, -0.05) is 36.4 Å². The van der Waals surface area contributed by atoms with Crippen molar-refractivity contribution in [3.05, 3.63) is 77.1 Å². The van der Waals surface area contributed by atoms with Gasteiger partial charge in [0.2, 0.25) is 11.9 Å². The maximum Gasteiger partial charge on any atom is 0.264 e. The van der Waals surface area contributed by atoms with Crippen molar-refractivity contribution in [2.24, 2.45) is 5.92 Å². The Morgan fingerprint density at radius 1 is 1.05 bits per heavy atom. The molecule has 2 heterocycles. The third-order valence-corrected chi connectivity index (χ3v) is 7.06. The lowest BCUT2D eigenvalue weighted by Crippen LogP contribution is -2.39. The zero-order chi connectivity index (χ0) is 25.8. The molecule has 0 radical (unpaired) electrons. The molecule has 0 aliphatic heterocycles. The van der Waals surface area contributed by atoms with Crippen LogP contribution in [0.2, 0.25) is 0 Å². The van der Waals surface area contributed by atoms with Gasteiger partial charge >= 0.3 is 0 Å². The van der Waals surface area contributed by atoms with Crippen molar-refractivity contribution < 1.29 is 19.1 Å². The minimum absolute atomic E-state index is 0.0489. The lowest BCUT2D eigenvalue weighted by Gasteiger charge is -2.21. The SMILES string of the molecule is COc1ccc(-n2cc(-c3ccccc3)nc2NC(=O)CN(CC2CC2)C(=O)c2cccs2)cc1OC. The standard InChI is InChI=1S/C28H28N4O4S/c1-35-23-13-12-21(15-24(23)36-2)32-17-22(20-7-4-3-5-8-20)29-28(32)30-26(33)18-31(16-19-10-11-19)27(34)25-9-6-14-37-25/h3-9,12-15,17,19H,10-11,16,18H2,1-2H3,(H,29,30,33). The second-order valence-electron chi connectivity index (χ2n) is 8.88. The van der Waals surface area contributed by atoms with Crippen LogP contribution in [0.25, 0.3) is 16.9 Å². The summed E-state index contributed by atoms with van der Waals surface area (Å²) in [6, 6.07) is 18.9. The van der Waals surface area contributed by atoms with Gasteiger partial charge in [0, 0.05) is 24.4 Å². The predicted molar refractivity (Wildman–Crippen MR) is 144 cm³/mol. The van der Waals surface area contributed by atoms with E-state index in [0.29, 0.717) is 40.5 Å². The summed E-state index contributed by atoms with van der Waals surface area (Å²) in [6.45, 7) is 0.524. The molecular weight excluding hydrogens is 488 g/mol. The summed E-state index contributed by atoms with van der Waals surface area (Å²) in [5, 5.41) is 4.81. The Morgan fingerprint density at radius 3 is 2.51 bits per heavy atom. The van der Waals surface area contributed by atoms with Crippen molar-refractivity contribution in [2.75, 3.05) is 32.6 Å². The molecule has 1 aliphatic rings. The van der Waals surface area contributed by atoms with Gasteiger partial charge in [0.1, 0.15) is 6.54 Å². The monoisotopic (exact) mass is 516 g/mol. The molecular formula is C28H28N4O4S. The van der Waals surface area contributed by atoms with Gasteiger partial charge in [-0.25, -0.2) is 4.98 Å². The van der Waals surface area contributed by atoms with Crippen LogP contribution in [0.4, 0.5) is 5.95 Å². The number of hydrogen-bond donors (Lipinski definition) is 1. The van der Waals surface area contributed by atoms with Crippen molar-refractivity contribution in [1.82, 2.24) is 14.5 Å². The van der Waals surface area contributed by atoms with E-state index in [0.717, 1.165) is 24.1 Å². The quantitative estimate of drug-likeness (QED) is 0.317. The van der Waals surface area contributed by atoms with E-state index in [-0.39, 0.29) is 18.4 Å². The smallest absolute Gasteiger partial charge is 0.264 e. The Hall–Kier alpha value is -4.11. The number of carbonyl (C=O) groups is 2. The fourth-order valence-electron chi connectivity index (χ4n) is 4.11. The van der Waals surface area contributed by atoms with Crippen LogP contribution in [-0.2, 0) is 4.79 Å². The Labute approximate surface area is 219 Å². The molecule has 0 spiro atoms. The molecule has 0 saturated heterocycles. The molecule has 2 amide bonds. The van der Waals surface area contributed by atoms with Crippen molar-refractivity contribution in [3.8, 4) is 28.4 Å². The Kier molecular flexibility index (Phi) is 7.23. The average Bonchev–Trinajstić information content (AvgIpc) is 3.39. The van der Waals surface area contributed by atoms with Gasteiger partial charge in [0.25, 0.3) is 5.91 Å². The second kappa shape index (κ2) is 10.9. The highest BCUT2D eigenvalue weighted by Gasteiger charge is 2.29. The molecule has 1 aliphatic carbocycles. The van der Waals surface area contributed by atoms with E-state index in [9.17, 15) is 9.59 Å². The zero-order valence-electron chi connectivity index (χ0n) is 20.7. The molecule has 1 saturated carbocycles. The lowest BCUT2D eigenvalue weighted by atomic mass is 10.2. The van der Waals surface area contributed by atoms with Crippen molar-refractivity contribution in [2.45, 2.75) is 12.8 Å². The molecule has 4 aromatic rings. The highest BCUT2D eigenvalue weighted by molar-refractivity contribution is 7.12. The molecule has 1 N–H and O–H groups in total. The molecule has 2 aromatic heterocycles. The highest BCUT2D eigenvalue weighted by Crippen LogP contribution is 2.32. The van der Waals surface area contributed by atoms with E-state index in [2.05, 4.69) is 5.32 Å². The molecule has 9 heteroatoms.